The molecule has 1 atom stereocenters. The van der Waals surface area contributed by atoms with Gasteiger partial charge in [0.15, 0.2) is 0 Å². The number of methoxy groups -OCH3 is 1. The van der Waals surface area contributed by atoms with Gasteiger partial charge in [-0.2, -0.15) is 9.49 Å². The van der Waals surface area contributed by atoms with Crippen molar-refractivity contribution >= 4 is 29.0 Å². The highest BCUT2D eigenvalue weighted by Crippen LogP contribution is 2.32. The molecule has 2 aromatic heterocycles. The molecule has 7 nitrogen and oxygen atoms in total. The Bertz CT molecular complexity index is 1250. The van der Waals surface area contributed by atoms with E-state index in [4.69, 9.17) is 4.74 Å². The number of H-pyrrole nitrogens is 1. The van der Waals surface area contributed by atoms with Crippen molar-refractivity contribution in [3.8, 4) is 5.75 Å². The Hall–Kier alpha value is -4.04. The zero-order valence-corrected chi connectivity index (χ0v) is 17.2. The average molecular weight is 432 g/mol. The van der Waals surface area contributed by atoms with Gasteiger partial charge >= 0.3 is 0 Å². The standard InChI is InChI=1S/C24H21FN4O3/c1-32-23-17(24(31)27-20(14-30)16-5-3-2-4-6-16)9-11-19-22(23)18(28-29-19)10-7-15-8-12-21(25)26-13-15/h2-13,20,30H,14H2,1H3,(H,27,31)(H,28,29). The number of hydrogen-bond donors (Lipinski definition) is 3. The van der Waals surface area contributed by atoms with Gasteiger partial charge in [-0.15, -0.1) is 0 Å². The first-order valence-corrected chi connectivity index (χ1v) is 9.92. The van der Waals surface area contributed by atoms with Gasteiger partial charge in [-0.05, 0) is 41.5 Å². The van der Waals surface area contributed by atoms with Gasteiger partial charge in [0.25, 0.3) is 5.91 Å². The summed E-state index contributed by atoms with van der Waals surface area (Å²) in [7, 11) is 1.48. The lowest BCUT2D eigenvalue weighted by molar-refractivity contribution is 0.0913. The average Bonchev–Trinajstić information content (AvgIpc) is 3.25. The largest absolute Gasteiger partial charge is 0.495 e. The summed E-state index contributed by atoms with van der Waals surface area (Å²) in [4.78, 5) is 16.7. The predicted octanol–water partition coefficient (Wildman–Crippen LogP) is 3.74. The van der Waals surface area contributed by atoms with Gasteiger partial charge in [-0.25, -0.2) is 4.98 Å². The molecule has 0 radical (unpaired) electrons. The second kappa shape index (κ2) is 9.40. The molecule has 4 aromatic rings. The summed E-state index contributed by atoms with van der Waals surface area (Å²) < 4.78 is 18.6. The summed E-state index contributed by atoms with van der Waals surface area (Å²) in [5, 5.41) is 20.5. The van der Waals surface area contributed by atoms with Gasteiger partial charge in [-0.1, -0.05) is 36.4 Å². The number of carbonyl (C=O) groups is 1. The van der Waals surface area contributed by atoms with Crippen LogP contribution < -0.4 is 10.1 Å². The number of ether oxygens (including phenoxy) is 1. The van der Waals surface area contributed by atoms with Crippen LogP contribution in [0.25, 0.3) is 23.1 Å². The van der Waals surface area contributed by atoms with Crippen molar-refractivity contribution in [2.24, 2.45) is 0 Å². The van der Waals surface area contributed by atoms with Crippen molar-refractivity contribution < 1.29 is 19.0 Å². The number of nitrogens with one attached hydrogen (secondary N) is 2. The molecule has 0 aliphatic carbocycles. The van der Waals surface area contributed by atoms with Crippen molar-refractivity contribution in [1.82, 2.24) is 20.5 Å². The predicted molar refractivity (Wildman–Crippen MR) is 120 cm³/mol. The number of amides is 1. The normalized spacial score (nSPS) is 12.2. The number of aromatic amines is 1. The molecule has 0 bridgehead atoms. The molecule has 0 saturated heterocycles. The number of carbonyl (C=O) groups excluding carboxylic acids is 1. The lowest BCUT2D eigenvalue weighted by atomic mass is 10.0. The van der Waals surface area contributed by atoms with Crippen molar-refractivity contribution in [1.29, 1.82) is 0 Å². The molecule has 2 heterocycles. The van der Waals surface area contributed by atoms with Crippen LogP contribution in [0.3, 0.4) is 0 Å². The lowest BCUT2D eigenvalue weighted by Gasteiger charge is -2.18. The molecule has 3 N–H and O–H groups in total. The first kappa shape index (κ1) is 21.2. The molecule has 2 aromatic carbocycles. The highest BCUT2D eigenvalue weighted by atomic mass is 19.1. The Balaban J connectivity index is 1.67. The Labute approximate surface area is 183 Å². The molecule has 0 aliphatic heterocycles. The number of aliphatic hydroxyl groups is 1. The highest BCUT2D eigenvalue weighted by Gasteiger charge is 2.21. The van der Waals surface area contributed by atoms with Crippen LogP contribution in [0.2, 0.25) is 0 Å². The van der Waals surface area contributed by atoms with Gasteiger partial charge in [0.1, 0.15) is 5.75 Å². The van der Waals surface area contributed by atoms with Gasteiger partial charge in [0.2, 0.25) is 5.95 Å². The number of nitrogens with zero attached hydrogens (tertiary/aromatic N) is 2. The third kappa shape index (κ3) is 4.35. The fourth-order valence-corrected chi connectivity index (χ4v) is 3.43. The second-order valence-corrected chi connectivity index (χ2v) is 7.04. The van der Waals surface area contributed by atoms with Gasteiger partial charge in [-0.3, -0.25) is 9.89 Å². The van der Waals surface area contributed by atoms with Crippen molar-refractivity contribution in [3.05, 3.63) is 89.1 Å². The maximum atomic E-state index is 13.1. The van der Waals surface area contributed by atoms with Crippen molar-refractivity contribution in [3.63, 3.8) is 0 Å². The van der Waals surface area contributed by atoms with E-state index in [0.29, 0.717) is 33.5 Å². The summed E-state index contributed by atoms with van der Waals surface area (Å²) >= 11 is 0. The fraction of sp³-hybridized carbons (Fsp3) is 0.125. The van der Waals surface area contributed by atoms with E-state index < -0.39 is 12.0 Å². The molecule has 1 amide bonds. The maximum absolute atomic E-state index is 13.1. The van der Waals surface area contributed by atoms with Crippen LogP contribution in [0.4, 0.5) is 4.39 Å². The van der Waals surface area contributed by atoms with Crippen LogP contribution in [-0.2, 0) is 0 Å². The molecule has 0 saturated carbocycles. The topological polar surface area (TPSA) is 100 Å². The van der Waals surface area contributed by atoms with Crippen LogP contribution in [0.15, 0.2) is 60.8 Å². The SMILES string of the molecule is COc1c(C(=O)NC(CO)c2ccccc2)ccc2[nH]nc(C=Cc3ccc(F)nc3)c12. The molecular weight excluding hydrogens is 411 g/mol. The number of aromatic nitrogens is 3. The van der Waals surface area contributed by atoms with E-state index in [-0.39, 0.29) is 12.5 Å². The van der Waals surface area contributed by atoms with Gasteiger partial charge in [0, 0.05) is 6.20 Å². The van der Waals surface area contributed by atoms with Crippen molar-refractivity contribution in [2.45, 2.75) is 6.04 Å². The molecular formula is C24H21FN4O3. The smallest absolute Gasteiger partial charge is 0.255 e. The second-order valence-electron chi connectivity index (χ2n) is 7.04. The Kier molecular flexibility index (Phi) is 6.23. The van der Waals surface area contributed by atoms with Gasteiger partial charge in [0.05, 0.1) is 41.9 Å². The molecule has 0 aliphatic rings. The number of rotatable bonds is 7. The van der Waals surface area contributed by atoms with E-state index in [9.17, 15) is 14.3 Å². The molecule has 0 fully saturated rings. The first-order chi connectivity index (χ1) is 15.6. The third-order valence-electron chi connectivity index (χ3n) is 5.03. The van der Waals surface area contributed by atoms with E-state index in [1.165, 1.54) is 19.4 Å². The van der Waals surface area contributed by atoms with Crippen molar-refractivity contribution in [2.75, 3.05) is 13.7 Å². The van der Waals surface area contributed by atoms with Crippen LogP contribution >= 0.6 is 0 Å². The minimum atomic E-state index is -0.557. The quantitative estimate of drug-likeness (QED) is 0.386. The summed E-state index contributed by atoms with van der Waals surface area (Å²) in [5.74, 6) is -0.581. The number of halogens is 1. The first-order valence-electron chi connectivity index (χ1n) is 9.92. The summed E-state index contributed by atoms with van der Waals surface area (Å²) in [6, 6.07) is 14.9. The van der Waals surface area contributed by atoms with E-state index >= 15 is 0 Å². The molecule has 8 heteroatoms. The highest BCUT2D eigenvalue weighted by molar-refractivity contribution is 6.05. The Morgan fingerprint density at radius 3 is 2.69 bits per heavy atom. The number of pyridine rings is 1. The molecule has 32 heavy (non-hydrogen) atoms. The van der Waals surface area contributed by atoms with E-state index in [2.05, 4.69) is 20.5 Å². The van der Waals surface area contributed by atoms with Crippen LogP contribution in [0, 0.1) is 5.95 Å². The summed E-state index contributed by atoms with van der Waals surface area (Å²) in [6.45, 7) is -0.244. The minimum Gasteiger partial charge on any atom is -0.495 e. The fourth-order valence-electron chi connectivity index (χ4n) is 3.43. The lowest BCUT2D eigenvalue weighted by Crippen LogP contribution is -2.31. The molecule has 4 rings (SSSR count). The zero-order chi connectivity index (χ0) is 22.5. The Morgan fingerprint density at radius 1 is 1.19 bits per heavy atom. The Morgan fingerprint density at radius 2 is 2.00 bits per heavy atom. The monoisotopic (exact) mass is 432 g/mol. The van der Waals surface area contributed by atoms with E-state index in [0.717, 1.165) is 5.56 Å². The maximum Gasteiger partial charge on any atom is 0.255 e. The minimum absolute atomic E-state index is 0.244. The van der Waals surface area contributed by atoms with Crippen LogP contribution in [0.5, 0.6) is 5.75 Å². The molecule has 1 unspecified atom stereocenters. The number of fused-ring (bicyclic) bond motifs is 1. The number of hydrogen-bond acceptors (Lipinski definition) is 5. The van der Waals surface area contributed by atoms with Crippen LogP contribution in [0.1, 0.15) is 33.2 Å². The van der Waals surface area contributed by atoms with E-state index in [1.54, 1.807) is 30.4 Å². The zero-order valence-electron chi connectivity index (χ0n) is 17.2. The van der Waals surface area contributed by atoms with Gasteiger partial charge < -0.3 is 15.2 Å². The third-order valence-corrected chi connectivity index (χ3v) is 5.03. The number of benzene rings is 2. The van der Waals surface area contributed by atoms with Crippen LogP contribution in [-0.4, -0.2) is 39.9 Å². The summed E-state index contributed by atoms with van der Waals surface area (Å²) in [5.41, 5.74) is 3.05. The molecule has 162 valence electrons. The number of aliphatic hydroxyl groups excluding tert-OH is 1. The van der Waals surface area contributed by atoms with E-state index in [1.807, 2.05) is 30.3 Å². The summed E-state index contributed by atoms with van der Waals surface area (Å²) in [6.07, 6.45) is 4.89. The molecule has 0 spiro atoms.